The lowest BCUT2D eigenvalue weighted by Gasteiger charge is -2.30. The second kappa shape index (κ2) is 9.53. The van der Waals surface area contributed by atoms with E-state index in [4.69, 9.17) is 0 Å². The van der Waals surface area contributed by atoms with Crippen molar-refractivity contribution in [1.29, 1.82) is 0 Å². The predicted molar refractivity (Wildman–Crippen MR) is 111 cm³/mol. The number of piperazine rings is 1. The second-order valence-corrected chi connectivity index (χ2v) is 9.07. The lowest BCUT2D eigenvalue weighted by molar-refractivity contribution is -0.116. The SMILES string of the molecule is CCCCC(=O)Nc1cc(N2CCNCC2)ccc1S(=O)(=O)c1ccc(F)c(F)c1. The molecular formula is C21H25F2N3O3S. The number of benzene rings is 2. The van der Waals surface area contributed by atoms with E-state index < -0.39 is 21.5 Å². The zero-order valence-electron chi connectivity index (χ0n) is 16.7. The van der Waals surface area contributed by atoms with Gasteiger partial charge in [0.2, 0.25) is 15.7 Å². The molecule has 0 radical (unpaired) electrons. The first-order valence-corrected chi connectivity index (χ1v) is 11.4. The summed E-state index contributed by atoms with van der Waals surface area (Å²) in [5, 5.41) is 5.95. The molecule has 1 aliphatic rings. The number of nitrogens with zero attached hydrogens (tertiary/aromatic N) is 1. The summed E-state index contributed by atoms with van der Waals surface area (Å²) in [5.41, 5.74) is 0.920. The van der Waals surface area contributed by atoms with Crippen LogP contribution in [-0.2, 0) is 14.6 Å². The number of amides is 1. The Bertz CT molecular complexity index is 1020. The van der Waals surface area contributed by atoms with Crippen LogP contribution in [0.1, 0.15) is 26.2 Å². The first-order valence-electron chi connectivity index (χ1n) is 9.92. The van der Waals surface area contributed by atoms with E-state index in [0.717, 1.165) is 50.4 Å². The smallest absolute Gasteiger partial charge is 0.224 e. The Morgan fingerprint density at radius 3 is 2.50 bits per heavy atom. The van der Waals surface area contributed by atoms with Crippen molar-refractivity contribution >= 4 is 27.1 Å². The molecule has 9 heteroatoms. The summed E-state index contributed by atoms with van der Waals surface area (Å²) < 4.78 is 53.2. The van der Waals surface area contributed by atoms with Crippen LogP contribution in [0.4, 0.5) is 20.2 Å². The van der Waals surface area contributed by atoms with Crippen molar-refractivity contribution in [2.24, 2.45) is 0 Å². The summed E-state index contributed by atoms with van der Waals surface area (Å²) in [7, 11) is -4.17. The summed E-state index contributed by atoms with van der Waals surface area (Å²) >= 11 is 0. The van der Waals surface area contributed by atoms with E-state index in [1.165, 1.54) is 6.07 Å². The molecule has 2 aromatic rings. The minimum Gasteiger partial charge on any atom is -0.369 e. The average molecular weight is 438 g/mol. The molecule has 2 aromatic carbocycles. The Labute approximate surface area is 175 Å². The molecule has 1 amide bonds. The molecule has 0 saturated carbocycles. The zero-order valence-corrected chi connectivity index (χ0v) is 17.6. The maximum absolute atomic E-state index is 13.7. The van der Waals surface area contributed by atoms with Gasteiger partial charge in [-0.1, -0.05) is 13.3 Å². The van der Waals surface area contributed by atoms with Crippen molar-refractivity contribution < 1.29 is 22.0 Å². The van der Waals surface area contributed by atoms with Gasteiger partial charge in [-0.15, -0.1) is 0 Å². The minimum absolute atomic E-state index is 0.136. The van der Waals surface area contributed by atoms with Gasteiger partial charge in [0.1, 0.15) is 0 Å². The zero-order chi connectivity index (χ0) is 21.7. The van der Waals surface area contributed by atoms with Crippen LogP contribution in [0.15, 0.2) is 46.2 Å². The van der Waals surface area contributed by atoms with Crippen LogP contribution < -0.4 is 15.5 Å². The summed E-state index contributed by atoms with van der Waals surface area (Å²) in [6.07, 6.45) is 1.77. The van der Waals surface area contributed by atoms with Gasteiger partial charge in [-0.2, -0.15) is 0 Å². The van der Waals surface area contributed by atoms with Crippen LogP contribution in [0.2, 0.25) is 0 Å². The number of hydrogen-bond donors (Lipinski definition) is 2. The number of nitrogens with one attached hydrogen (secondary N) is 2. The molecule has 0 aromatic heterocycles. The largest absolute Gasteiger partial charge is 0.369 e. The highest BCUT2D eigenvalue weighted by atomic mass is 32.2. The lowest BCUT2D eigenvalue weighted by atomic mass is 10.2. The van der Waals surface area contributed by atoms with Gasteiger partial charge in [0.25, 0.3) is 0 Å². The fourth-order valence-corrected chi connectivity index (χ4v) is 4.70. The van der Waals surface area contributed by atoms with Gasteiger partial charge in [0.05, 0.1) is 15.5 Å². The number of rotatable bonds is 7. The van der Waals surface area contributed by atoms with E-state index in [1.807, 2.05) is 6.92 Å². The van der Waals surface area contributed by atoms with Gasteiger partial charge in [-0.25, -0.2) is 17.2 Å². The lowest BCUT2D eigenvalue weighted by Crippen LogP contribution is -2.43. The van der Waals surface area contributed by atoms with Gasteiger partial charge >= 0.3 is 0 Å². The Balaban J connectivity index is 2.02. The van der Waals surface area contributed by atoms with Crippen LogP contribution in [0.5, 0.6) is 0 Å². The Kier molecular flexibility index (Phi) is 7.04. The topological polar surface area (TPSA) is 78.5 Å². The normalized spacial score (nSPS) is 14.6. The first kappa shape index (κ1) is 22.2. The monoisotopic (exact) mass is 437 g/mol. The number of halogens is 2. The molecular weight excluding hydrogens is 412 g/mol. The van der Waals surface area contributed by atoms with Crippen molar-refractivity contribution in [1.82, 2.24) is 5.32 Å². The second-order valence-electron chi connectivity index (χ2n) is 7.15. The van der Waals surface area contributed by atoms with Gasteiger partial charge in [0.15, 0.2) is 11.6 Å². The fourth-order valence-electron chi connectivity index (χ4n) is 3.29. The molecule has 1 aliphatic heterocycles. The molecule has 0 aliphatic carbocycles. The minimum atomic E-state index is -4.17. The number of anilines is 2. The summed E-state index contributed by atoms with van der Waals surface area (Å²) in [6, 6.07) is 7.14. The Morgan fingerprint density at radius 2 is 1.83 bits per heavy atom. The van der Waals surface area contributed by atoms with E-state index in [2.05, 4.69) is 15.5 Å². The van der Waals surface area contributed by atoms with Crippen LogP contribution in [-0.4, -0.2) is 40.5 Å². The predicted octanol–water partition coefficient (Wildman–Crippen LogP) is 3.34. The van der Waals surface area contributed by atoms with Gasteiger partial charge in [0, 0.05) is 38.3 Å². The average Bonchev–Trinajstić information content (AvgIpc) is 2.74. The third-order valence-corrected chi connectivity index (χ3v) is 6.78. The maximum Gasteiger partial charge on any atom is 0.224 e. The first-order chi connectivity index (χ1) is 14.3. The fraction of sp³-hybridized carbons (Fsp3) is 0.381. The van der Waals surface area contributed by atoms with Gasteiger partial charge in [-0.05, 0) is 42.8 Å². The summed E-state index contributed by atoms with van der Waals surface area (Å²) in [6.45, 7) is 5.05. The molecule has 1 heterocycles. The highest BCUT2D eigenvalue weighted by molar-refractivity contribution is 7.91. The summed E-state index contributed by atoms with van der Waals surface area (Å²) in [5.74, 6) is -2.67. The van der Waals surface area contributed by atoms with E-state index in [1.54, 1.807) is 12.1 Å². The molecule has 1 fully saturated rings. The molecule has 0 unspecified atom stereocenters. The van der Waals surface area contributed by atoms with Crippen molar-refractivity contribution in [2.75, 3.05) is 36.4 Å². The molecule has 0 bridgehead atoms. The molecule has 6 nitrogen and oxygen atoms in total. The number of sulfone groups is 1. The van der Waals surface area contributed by atoms with Gasteiger partial charge in [-0.3, -0.25) is 4.79 Å². The third kappa shape index (κ3) is 4.96. The number of carbonyl (C=O) groups excluding carboxylic acids is 1. The number of unbranched alkanes of at least 4 members (excludes halogenated alkanes) is 1. The van der Waals surface area contributed by atoms with Crippen molar-refractivity contribution in [2.45, 2.75) is 36.0 Å². The van der Waals surface area contributed by atoms with Crippen molar-refractivity contribution in [3.63, 3.8) is 0 Å². The molecule has 0 spiro atoms. The molecule has 3 rings (SSSR count). The van der Waals surface area contributed by atoms with Crippen molar-refractivity contribution in [3.05, 3.63) is 48.0 Å². The number of carbonyl (C=O) groups is 1. The van der Waals surface area contributed by atoms with Crippen LogP contribution >= 0.6 is 0 Å². The Hall–Kier alpha value is -2.52. The quantitative estimate of drug-likeness (QED) is 0.650. The molecule has 30 heavy (non-hydrogen) atoms. The molecule has 2 N–H and O–H groups in total. The molecule has 1 saturated heterocycles. The summed E-state index contributed by atoms with van der Waals surface area (Å²) in [4.78, 5) is 13.9. The van der Waals surface area contributed by atoms with E-state index >= 15 is 0 Å². The molecule has 0 atom stereocenters. The van der Waals surface area contributed by atoms with Crippen LogP contribution in [0.3, 0.4) is 0 Å². The van der Waals surface area contributed by atoms with E-state index in [9.17, 15) is 22.0 Å². The van der Waals surface area contributed by atoms with Crippen molar-refractivity contribution in [3.8, 4) is 0 Å². The van der Waals surface area contributed by atoms with E-state index in [0.29, 0.717) is 12.5 Å². The van der Waals surface area contributed by atoms with E-state index in [-0.39, 0.29) is 27.8 Å². The highest BCUT2D eigenvalue weighted by Crippen LogP contribution is 2.32. The third-order valence-electron chi connectivity index (χ3n) is 4.97. The number of hydrogen-bond acceptors (Lipinski definition) is 5. The van der Waals surface area contributed by atoms with Crippen LogP contribution in [0.25, 0.3) is 0 Å². The van der Waals surface area contributed by atoms with Gasteiger partial charge < -0.3 is 15.5 Å². The maximum atomic E-state index is 13.7. The Morgan fingerprint density at radius 1 is 1.10 bits per heavy atom. The van der Waals surface area contributed by atoms with Crippen LogP contribution in [0, 0.1) is 11.6 Å². The molecule has 162 valence electrons. The highest BCUT2D eigenvalue weighted by Gasteiger charge is 2.25. The standard InChI is InChI=1S/C21H25F2N3O3S/c1-2-3-4-21(27)25-19-13-15(26-11-9-24-10-12-26)5-8-20(19)30(28,29)16-6-7-17(22)18(23)14-16/h5-8,13-14,24H,2-4,9-12H2,1H3,(H,25,27).